The number of fused-ring (bicyclic) bond motifs is 1. The number of nitrogen functional groups attached to an aromatic ring is 1. The molecule has 0 radical (unpaired) electrons. The van der Waals surface area contributed by atoms with Crippen molar-refractivity contribution in [3.05, 3.63) is 41.2 Å². The lowest BCUT2D eigenvalue weighted by Crippen LogP contribution is -2.31. The zero-order chi connectivity index (χ0) is 15.5. The fourth-order valence-electron chi connectivity index (χ4n) is 2.75. The van der Waals surface area contributed by atoms with Crippen molar-refractivity contribution in [1.82, 2.24) is 14.9 Å². The number of aromatic nitrogens is 2. The van der Waals surface area contributed by atoms with Gasteiger partial charge in [0, 0.05) is 49.4 Å². The zero-order valence-electron chi connectivity index (χ0n) is 12.9. The van der Waals surface area contributed by atoms with Crippen LogP contribution in [-0.4, -0.2) is 35.6 Å². The van der Waals surface area contributed by atoms with Crippen LogP contribution >= 0.6 is 0 Å². The molecule has 6 heteroatoms. The summed E-state index contributed by atoms with van der Waals surface area (Å²) in [5, 5.41) is 0. The molecule has 0 fully saturated rings. The summed E-state index contributed by atoms with van der Waals surface area (Å²) in [6, 6.07) is 5.92. The highest BCUT2D eigenvalue weighted by Gasteiger charge is 2.19. The van der Waals surface area contributed by atoms with Crippen molar-refractivity contribution in [2.24, 2.45) is 0 Å². The summed E-state index contributed by atoms with van der Waals surface area (Å²) in [4.78, 5) is 10.8. The third-order valence-corrected chi connectivity index (χ3v) is 3.92. The van der Waals surface area contributed by atoms with Gasteiger partial charge in [-0.2, -0.15) is 0 Å². The molecule has 0 unspecified atom stereocenters. The highest BCUT2D eigenvalue weighted by molar-refractivity contribution is 5.41. The Labute approximate surface area is 129 Å². The van der Waals surface area contributed by atoms with Crippen molar-refractivity contribution in [1.29, 1.82) is 0 Å². The fraction of sp³-hybridized carbons (Fsp3) is 0.375. The molecule has 22 heavy (non-hydrogen) atoms. The predicted octanol–water partition coefficient (Wildman–Crippen LogP) is 1.63. The van der Waals surface area contributed by atoms with Crippen LogP contribution in [0.4, 0.5) is 5.95 Å². The quantitative estimate of drug-likeness (QED) is 0.925. The van der Waals surface area contributed by atoms with E-state index in [1.807, 2.05) is 24.4 Å². The second-order valence-corrected chi connectivity index (χ2v) is 5.34. The Kier molecular flexibility index (Phi) is 4.11. The van der Waals surface area contributed by atoms with E-state index in [2.05, 4.69) is 14.9 Å². The van der Waals surface area contributed by atoms with E-state index in [0.29, 0.717) is 5.95 Å². The van der Waals surface area contributed by atoms with E-state index < -0.39 is 0 Å². The lowest BCUT2D eigenvalue weighted by Gasteiger charge is -2.28. The minimum atomic E-state index is 0.351. The van der Waals surface area contributed by atoms with E-state index in [1.165, 1.54) is 0 Å². The zero-order valence-corrected chi connectivity index (χ0v) is 12.9. The molecule has 1 aromatic heterocycles. The molecule has 2 heterocycles. The Morgan fingerprint density at radius 1 is 1.27 bits per heavy atom. The number of rotatable bonds is 4. The van der Waals surface area contributed by atoms with Crippen LogP contribution in [0.2, 0.25) is 0 Å². The number of nitrogens with two attached hydrogens (primary N) is 1. The molecule has 0 saturated heterocycles. The molecule has 116 valence electrons. The van der Waals surface area contributed by atoms with Crippen LogP contribution in [0.1, 0.15) is 16.8 Å². The van der Waals surface area contributed by atoms with Gasteiger partial charge in [0.1, 0.15) is 11.5 Å². The van der Waals surface area contributed by atoms with E-state index in [0.717, 1.165) is 54.4 Å². The maximum atomic E-state index is 5.64. The number of methoxy groups -OCH3 is 2. The van der Waals surface area contributed by atoms with Gasteiger partial charge in [-0.05, 0) is 6.07 Å². The molecule has 1 aliphatic heterocycles. The Balaban J connectivity index is 1.76. The summed E-state index contributed by atoms with van der Waals surface area (Å²) < 4.78 is 10.7. The van der Waals surface area contributed by atoms with E-state index in [-0.39, 0.29) is 0 Å². The standard InChI is InChI=1S/C16H20N4O2/c1-21-13-4-3-11(15(7-13)22-2)9-20-6-5-14-12(10-20)8-18-16(17)19-14/h3-4,7-8H,5-6,9-10H2,1-2H3,(H2,17,18,19). The second kappa shape index (κ2) is 6.19. The van der Waals surface area contributed by atoms with Crippen molar-refractivity contribution in [2.45, 2.75) is 19.5 Å². The summed E-state index contributed by atoms with van der Waals surface area (Å²) in [6.45, 7) is 2.58. The van der Waals surface area contributed by atoms with Crippen LogP contribution in [0.5, 0.6) is 11.5 Å². The van der Waals surface area contributed by atoms with Gasteiger partial charge in [-0.3, -0.25) is 4.90 Å². The largest absolute Gasteiger partial charge is 0.497 e. The van der Waals surface area contributed by atoms with Gasteiger partial charge in [0.05, 0.1) is 19.9 Å². The van der Waals surface area contributed by atoms with Gasteiger partial charge in [-0.15, -0.1) is 0 Å². The molecule has 1 aliphatic rings. The van der Waals surface area contributed by atoms with E-state index in [1.54, 1.807) is 14.2 Å². The third-order valence-electron chi connectivity index (χ3n) is 3.92. The number of nitrogens with zero attached hydrogens (tertiary/aromatic N) is 3. The molecule has 1 aromatic carbocycles. The van der Waals surface area contributed by atoms with Crippen molar-refractivity contribution in [3.8, 4) is 11.5 Å². The molecule has 2 aromatic rings. The Morgan fingerprint density at radius 2 is 2.14 bits per heavy atom. The second-order valence-electron chi connectivity index (χ2n) is 5.34. The highest BCUT2D eigenvalue weighted by atomic mass is 16.5. The van der Waals surface area contributed by atoms with Gasteiger partial charge < -0.3 is 15.2 Å². The van der Waals surface area contributed by atoms with Crippen molar-refractivity contribution >= 4 is 5.95 Å². The first-order valence-corrected chi connectivity index (χ1v) is 7.23. The number of anilines is 1. The fourth-order valence-corrected chi connectivity index (χ4v) is 2.75. The van der Waals surface area contributed by atoms with Crippen LogP contribution < -0.4 is 15.2 Å². The summed E-state index contributed by atoms with van der Waals surface area (Å²) in [7, 11) is 3.34. The molecule has 2 N–H and O–H groups in total. The number of ether oxygens (including phenoxy) is 2. The SMILES string of the molecule is COc1ccc(CN2CCc3nc(N)ncc3C2)c(OC)c1. The molecule has 0 amide bonds. The number of benzene rings is 1. The molecule has 0 atom stereocenters. The Hall–Kier alpha value is -2.34. The summed E-state index contributed by atoms with van der Waals surface area (Å²) in [6.07, 6.45) is 2.72. The summed E-state index contributed by atoms with van der Waals surface area (Å²) >= 11 is 0. The minimum absolute atomic E-state index is 0.351. The molecule has 6 nitrogen and oxygen atoms in total. The van der Waals surface area contributed by atoms with Crippen LogP contribution in [0.3, 0.4) is 0 Å². The van der Waals surface area contributed by atoms with Gasteiger partial charge >= 0.3 is 0 Å². The molecule has 0 aliphatic carbocycles. The van der Waals surface area contributed by atoms with Gasteiger partial charge in [0.15, 0.2) is 0 Å². The lowest BCUT2D eigenvalue weighted by atomic mass is 10.1. The smallest absolute Gasteiger partial charge is 0.220 e. The monoisotopic (exact) mass is 300 g/mol. The van der Waals surface area contributed by atoms with E-state index in [4.69, 9.17) is 15.2 Å². The first kappa shape index (κ1) is 14.6. The average Bonchev–Trinajstić information content (AvgIpc) is 2.55. The molecule has 3 rings (SSSR count). The maximum Gasteiger partial charge on any atom is 0.220 e. The Morgan fingerprint density at radius 3 is 2.91 bits per heavy atom. The first-order valence-electron chi connectivity index (χ1n) is 7.23. The van der Waals surface area contributed by atoms with Gasteiger partial charge in [0.25, 0.3) is 0 Å². The molecule has 0 saturated carbocycles. The van der Waals surface area contributed by atoms with Gasteiger partial charge in [0.2, 0.25) is 5.95 Å². The molecule has 0 bridgehead atoms. The third kappa shape index (κ3) is 2.96. The summed E-state index contributed by atoms with van der Waals surface area (Å²) in [5.74, 6) is 2.00. The first-order chi connectivity index (χ1) is 10.7. The number of hydrogen-bond acceptors (Lipinski definition) is 6. The van der Waals surface area contributed by atoms with Crippen molar-refractivity contribution in [3.63, 3.8) is 0 Å². The normalized spacial score (nSPS) is 14.5. The topological polar surface area (TPSA) is 73.5 Å². The molecular formula is C16H20N4O2. The van der Waals surface area contributed by atoms with Crippen LogP contribution in [-0.2, 0) is 19.5 Å². The maximum absolute atomic E-state index is 5.64. The minimum Gasteiger partial charge on any atom is -0.497 e. The molecular weight excluding hydrogens is 280 g/mol. The predicted molar refractivity (Wildman–Crippen MR) is 83.8 cm³/mol. The lowest BCUT2D eigenvalue weighted by molar-refractivity contribution is 0.239. The van der Waals surface area contributed by atoms with Crippen molar-refractivity contribution < 1.29 is 9.47 Å². The highest BCUT2D eigenvalue weighted by Crippen LogP contribution is 2.27. The van der Waals surface area contributed by atoms with Crippen LogP contribution in [0.15, 0.2) is 24.4 Å². The molecule has 0 spiro atoms. The van der Waals surface area contributed by atoms with Crippen LogP contribution in [0.25, 0.3) is 0 Å². The van der Waals surface area contributed by atoms with Gasteiger partial charge in [-0.25, -0.2) is 9.97 Å². The van der Waals surface area contributed by atoms with Crippen molar-refractivity contribution in [2.75, 3.05) is 26.5 Å². The Bertz CT molecular complexity index is 675. The average molecular weight is 300 g/mol. The van der Waals surface area contributed by atoms with Crippen LogP contribution in [0, 0.1) is 0 Å². The van der Waals surface area contributed by atoms with E-state index in [9.17, 15) is 0 Å². The summed E-state index contributed by atoms with van der Waals surface area (Å²) in [5.41, 5.74) is 8.99. The van der Waals surface area contributed by atoms with Gasteiger partial charge in [-0.1, -0.05) is 6.07 Å². The number of hydrogen-bond donors (Lipinski definition) is 1. The van der Waals surface area contributed by atoms with E-state index >= 15 is 0 Å².